The van der Waals surface area contributed by atoms with Crippen LogP contribution in [0.25, 0.3) is 0 Å². The lowest BCUT2D eigenvalue weighted by Crippen LogP contribution is -2.05. The largest absolute Gasteiger partial charge is 0.473 e. The number of anilines is 2. The fraction of sp³-hybridized carbons (Fsp3) is 0.231. The van der Waals surface area contributed by atoms with E-state index in [4.69, 9.17) is 10.5 Å². The second-order valence-corrected chi connectivity index (χ2v) is 3.75. The van der Waals surface area contributed by atoms with Crippen LogP contribution in [0.5, 0.6) is 5.88 Å². The number of aromatic nitrogens is 2. The van der Waals surface area contributed by atoms with Crippen molar-refractivity contribution in [3.8, 4) is 5.88 Å². The van der Waals surface area contributed by atoms with Crippen LogP contribution in [-0.4, -0.2) is 16.5 Å². The van der Waals surface area contributed by atoms with E-state index in [-0.39, 0.29) is 5.95 Å². The minimum Gasteiger partial charge on any atom is -0.473 e. The number of hydrogen-bond donors (Lipinski definition) is 2. The summed E-state index contributed by atoms with van der Waals surface area (Å²) in [4.78, 5) is 8.09. The summed E-state index contributed by atoms with van der Waals surface area (Å²) in [6, 6.07) is 11.6. The number of ether oxygens (including phenoxy) is 1. The van der Waals surface area contributed by atoms with Gasteiger partial charge in [0, 0.05) is 12.6 Å². The molecule has 0 bridgehead atoms. The molecule has 2 aromatic rings. The van der Waals surface area contributed by atoms with E-state index in [2.05, 4.69) is 15.3 Å². The van der Waals surface area contributed by atoms with Crippen LogP contribution in [0.1, 0.15) is 12.5 Å². The van der Waals surface area contributed by atoms with Gasteiger partial charge in [-0.2, -0.15) is 9.97 Å². The van der Waals surface area contributed by atoms with Crippen LogP contribution >= 0.6 is 0 Å². The van der Waals surface area contributed by atoms with Crippen molar-refractivity contribution in [2.45, 2.75) is 13.5 Å². The molecule has 1 heterocycles. The predicted octanol–water partition coefficient (Wildman–Crippen LogP) is 2.07. The molecule has 0 aliphatic heterocycles. The van der Waals surface area contributed by atoms with Crippen LogP contribution < -0.4 is 15.8 Å². The van der Waals surface area contributed by atoms with Gasteiger partial charge in [0.25, 0.3) is 0 Å². The first-order valence-corrected chi connectivity index (χ1v) is 5.83. The van der Waals surface area contributed by atoms with Crippen molar-refractivity contribution in [3.63, 3.8) is 0 Å². The lowest BCUT2D eigenvalue weighted by Gasteiger charge is -2.08. The van der Waals surface area contributed by atoms with Gasteiger partial charge < -0.3 is 15.8 Å². The third-order valence-corrected chi connectivity index (χ3v) is 2.31. The van der Waals surface area contributed by atoms with Crippen LogP contribution in [-0.2, 0) is 6.61 Å². The summed E-state index contributed by atoms with van der Waals surface area (Å²) in [7, 11) is 0. The molecule has 1 aromatic carbocycles. The molecule has 18 heavy (non-hydrogen) atoms. The van der Waals surface area contributed by atoms with Gasteiger partial charge in [-0.05, 0) is 12.5 Å². The maximum Gasteiger partial charge on any atom is 0.225 e. The molecule has 1 aromatic heterocycles. The minimum atomic E-state index is 0.205. The third kappa shape index (κ3) is 3.35. The smallest absolute Gasteiger partial charge is 0.225 e. The molecular formula is C13H16N4O. The topological polar surface area (TPSA) is 73.1 Å². The molecule has 0 fully saturated rings. The van der Waals surface area contributed by atoms with Gasteiger partial charge in [-0.25, -0.2) is 0 Å². The standard InChI is InChI=1S/C13H16N4O/c1-2-15-11-8-12(17-13(14)16-11)18-9-10-6-4-3-5-7-10/h3-8H,2,9H2,1H3,(H3,14,15,16,17). The minimum absolute atomic E-state index is 0.205. The Labute approximate surface area is 106 Å². The first kappa shape index (κ1) is 12.2. The molecule has 0 aliphatic rings. The number of nitrogen functional groups attached to an aromatic ring is 1. The zero-order valence-electron chi connectivity index (χ0n) is 10.3. The molecule has 5 heteroatoms. The van der Waals surface area contributed by atoms with Gasteiger partial charge in [0.15, 0.2) is 0 Å². The Morgan fingerprint density at radius 1 is 1.22 bits per heavy atom. The summed E-state index contributed by atoms with van der Waals surface area (Å²) in [6.07, 6.45) is 0. The van der Waals surface area contributed by atoms with E-state index in [0.29, 0.717) is 18.3 Å². The first-order chi connectivity index (χ1) is 8.78. The Kier molecular flexibility index (Phi) is 3.96. The van der Waals surface area contributed by atoms with Crippen molar-refractivity contribution in [1.29, 1.82) is 0 Å². The van der Waals surface area contributed by atoms with Crippen molar-refractivity contribution in [2.75, 3.05) is 17.6 Å². The van der Waals surface area contributed by atoms with Gasteiger partial charge in [0.1, 0.15) is 12.4 Å². The van der Waals surface area contributed by atoms with Crippen LogP contribution in [0, 0.1) is 0 Å². The Bertz CT molecular complexity index is 502. The van der Waals surface area contributed by atoms with Crippen LogP contribution in [0.2, 0.25) is 0 Å². The highest BCUT2D eigenvalue weighted by Gasteiger charge is 2.03. The molecule has 0 atom stereocenters. The van der Waals surface area contributed by atoms with Crippen LogP contribution in [0.4, 0.5) is 11.8 Å². The van der Waals surface area contributed by atoms with E-state index in [9.17, 15) is 0 Å². The number of nitrogens with zero attached hydrogens (tertiary/aromatic N) is 2. The van der Waals surface area contributed by atoms with E-state index in [1.165, 1.54) is 0 Å². The molecule has 94 valence electrons. The lowest BCUT2D eigenvalue weighted by atomic mass is 10.2. The molecule has 2 rings (SSSR count). The Hall–Kier alpha value is -2.30. The Balaban J connectivity index is 2.05. The molecular weight excluding hydrogens is 228 g/mol. The fourth-order valence-electron chi connectivity index (χ4n) is 1.52. The van der Waals surface area contributed by atoms with Crippen LogP contribution in [0.15, 0.2) is 36.4 Å². The van der Waals surface area contributed by atoms with Crippen molar-refractivity contribution < 1.29 is 4.74 Å². The normalized spacial score (nSPS) is 10.1. The van der Waals surface area contributed by atoms with E-state index in [1.54, 1.807) is 6.07 Å². The maximum atomic E-state index is 5.62. The number of rotatable bonds is 5. The third-order valence-electron chi connectivity index (χ3n) is 2.31. The second kappa shape index (κ2) is 5.86. The zero-order chi connectivity index (χ0) is 12.8. The number of benzene rings is 1. The van der Waals surface area contributed by atoms with E-state index in [0.717, 1.165) is 12.1 Å². The average molecular weight is 244 g/mol. The number of nitrogens with one attached hydrogen (secondary N) is 1. The predicted molar refractivity (Wildman–Crippen MR) is 71.4 cm³/mol. The molecule has 0 amide bonds. The summed E-state index contributed by atoms with van der Waals surface area (Å²) in [6.45, 7) is 3.22. The Morgan fingerprint density at radius 2 is 2.00 bits per heavy atom. The SMILES string of the molecule is CCNc1cc(OCc2ccccc2)nc(N)n1. The van der Waals surface area contributed by atoms with Gasteiger partial charge in [0.05, 0.1) is 0 Å². The van der Waals surface area contributed by atoms with Crippen molar-refractivity contribution in [2.24, 2.45) is 0 Å². The van der Waals surface area contributed by atoms with Crippen molar-refractivity contribution in [3.05, 3.63) is 42.0 Å². The highest BCUT2D eigenvalue weighted by Crippen LogP contribution is 2.15. The van der Waals surface area contributed by atoms with Crippen molar-refractivity contribution >= 4 is 11.8 Å². The number of nitrogens with two attached hydrogens (primary N) is 1. The summed E-state index contributed by atoms with van der Waals surface area (Å²) in [5, 5.41) is 3.08. The molecule has 0 spiro atoms. The molecule has 0 aliphatic carbocycles. The zero-order valence-corrected chi connectivity index (χ0v) is 10.3. The van der Waals surface area contributed by atoms with Gasteiger partial charge in [-0.3, -0.25) is 0 Å². The van der Waals surface area contributed by atoms with E-state index < -0.39 is 0 Å². The van der Waals surface area contributed by atoms with Gasteiger partial charge in [-0.15, -0.1) is 0 Å². The van der Waals surface area contributed by atoms with E-state index >= 15 is 0 Å². The molecule has 0 saturated carbocycles. The molecule has 0 saturated heterocycles. The fourth-order valence-corrected chi connectivity index (χ4v) is 1.52. The van der Waals surface area contributed by atoms with Gasteiger partial charge in [0.2, 0.25) is 11.8 Å². The highest BCUT2D eigenvalue weighted by molar-refractivity contribution is 5.42. The first-order valence-electron chi connectivity index (χ1n) is 5.83. The van der Waals surface area contributed by atoms with Gasteiger partial charge >= 0.3 is 0 Å². The summed E-state index contributed by atoms with van der Waals surface area (Å²) < 4.78 is 5.59. The maximum absolute atomic E-state index is 5.62. The average Bonchev–Trinajstić information content (AvgIpc) is 2.37. The molecule has 0 radical (unpaired) electrons. The summed E-state index contributed by atoms with van der Waals surface area (Å²) in [5.74, 6) is 1.35. The molecule has 3 N–H and O–H groups in total. The molecule has 0 unspecified atom stereocenters. The second-order valence-electron chi connectivity index (χ2n) is 3.75. The highest BCUT2D eigenvalue weighted by atomic mass is 16.5. The lowest BCUT2D eigenvalue weighted by molar-refractivity contribution is 0.294. The van der Waals surface area contributed by atoms with Crippen LogP contribution in [0.3, 0.4) is 0 Å². The quantitative estimate of drug-likeness (QED) is 0.842. The van der Waals surface area contributed by atoms with E-state index in [1.807, 2.05) is 37.3 Å². The summed E-state index contributed by atoms with van der Waals surface area (Å²) in [5.41, 5.74) is 6.70. The Morgan fingerprint density at radius 3 is 2.72 bits per heavy atom. The van der Waals surface area contributed by atoms with Crippen molar-refractivity contribution in [1.82, 2.24) is 9.97 Å². The summed E-state index contributed by atoms with van der Waals surface area (Å²) >= 11 is 0. The number of hydrogen-bond acceptors (Lipinski definition) is 5. The van der Waals surface area contributed by atoms with Gasteiger partial charge in [-0.1, -0.05) is 30.3 Å². The monoisotopic (exact) mass is 244 g/mol. The molecule has 5 nitrogen and oxygen atoms in total.